The number of phosphoric ester groups is 2. The summed E-state index contributed by atoms with van der Waals surface area (Å²) in [6, 6.07) is 0. The van der Waals surface area contributed by atoms with Gasteiger partial charge in [-0.05, 0) is 0 Å². The largest absolute Gasteiger partial charge is 0.490 e. The number of rotatable bonds is 17. The van der Waals surface area contributed by atoms with Crippen molar-refractivity contribution in [2.75, 3.05) is 31.8 Å². The Balaban J connectivity index is 1.20. The summed E-state index contributed by atoms with van der Waals surface area (Å²) in [4.78, 5) is 91.7. The van der Waals surface area contributed by atoms with E-state index in [1.807, 2.05) is 0 Å². The summed E-state index contributed by atoms with van der Waals surface area (Å²) in [5.74, 6) is -0.403. The summed E-state index contributed by atoms with van der Waals surface area (Å²) in [7, 11) is -28.5. The van der Waals surface area contributed by atoms with E-state index in [1.54, 1.807) is 0 Å². The predicted molar refractivity (Wildman–Crippen MR) is 184 cm³/mol. The standard InChI is InChI=1S/C21H31N10O23P5/c1-46-14-13(51-56(38,39)47-2-7-11(32)12(33)19(49-7)31-6-27-10-17(31)28-21(23)29-18(10)34)8(50-20(14)30-5-26-9-15(22)24-4-25-16(9)30)3-48-57(40,41)53-59(44,45)54-58(42,43)52-55(35,36)37/h4-8,11-14,19-20,32-33H,2-3H2,1H3,(H,38,39)(H,40,41)(H,42,43)(H,44,45)(H2,22,24,25)(H2,35,36,37)(H3,23,28,29,34)/t7-,8-,11-,12-,13-,14-,19-,20-/m1/s1. The van der Waals surface area contributed by atoms with Crippen LogP contribution in [-0.2, 0) is 63.5 Å². The molecule has 0 radical (unpaired) electrons. The molecule has 6 rings (SSSR count). The zero-order chi connectivity index (χ0) is 43.5. The fourth-order valence-electron chi connectivity index (χ4n) is 5.69. The topological polar surface area (TPSA) is 489 Å². The number of aliphatic hydroxyl groups is 2. The molecule has 2 aliphatic rings. The molecule has 2 aliphatic heterocycles. The zero-order valence-corrected chi connectivity index (χ0v) is 33.5. The maximum absolute atomic E-state index is 13.4. The van der Waals surface area contributed by atoms with Crippen LogP contribution < -0.4 is 17.0 Å². The molecule has 6 heterocycles. The second-order valence-electron chi connectivity index (χ2n) is 11.9. The van der Waals surface area contributed by atoms with Gasteiger partial charge in [-0.15, -0.1) is 0 Å². The number of nitrogen functional groups attached to an aromatic ring is 2. The van der Waals surface area contributed by atoms with Gasteiger partial charge in [0.25, 0.3) is 5.56 Å². The molecule has 0 bridgehead atoms. The minimum absolute atomic E-state index is 0.00225. The van der Waals surface area contributed by atoms with Crippen molar-refractivity contribution in [3.63, 3.8) is 0 Å². The van der Waals surface area contributed by atoms with Crippen LogP contribution in [-0.4, -0.2) is 136 Å². The average Bonchev–Trinajstić information content (AvgIpc) is 3.85. The Morgan fingerprint density at radius 1 is 0.729 bits per heavy atom. The quantitative estimate of drug-likeness (QED) is 0.0492. The number of hydrogen-bond acceptors (Lipinski definition) is 24. The highest BCUT2D eigenvalue weighted by molar-refractivity contribution is 7.69. The highest BCUT2D eigenvalue weighted by Gasteiger charge is 2.53. The SMILES string of the molecule is CO[C@@H]1[C@H](OP(=O)(O)OC[C@H]2O[C@@H](n3cnc4c(=O)[nH]c(N)nc43)[C@H](O)[C@@H]2O)[C@@H](COP(=O)(O)OP(=O)(O)OP(=O)(O)OP(=O)(O)O)O[C@H]1n1cnc2c(N)ncnc21. The number of H-pyrrole nitrogens is 1. The van der Waals surface area contributed by atoms with Crippen LogP contribution in [0.3, 0.4) is 0 Å². The number of nitrogens with two attached hydrogens (primary N) is 2. The molecular weight excluding hydrogens is 915 g/mol. The van der Waals surface area contributed by atoms with Crippen molar-refractivity contribution in [2.24, 2.45) is 0 Å². The molecular formula is C21H31N10O23P5. The van der Waals surface area contributed by atoms with E-state index in [0.717, 1.165) is 30.7 Å². The maximum atomic E-state index is 13.4. The van der Waals surface area contributed by atoms with Gasteiger partial charge in [-0.2, -0.15) is 17.9 Å². The molecule has 38 heteroatoms. The van der Waals surface area contributed by atoms with Crippen molar-refractivity contribution in [3.8, 4) is 0 Å². The van der Waals surface area contributed by atoms with E-state index in [9.17, 15) is 57.4 Å². The van der Waals surface area contributed by atoms with Crippen molar-refractivity contribution in [1.82, 2.24) is 39.0 Å². The molecule has 4 unspecified atom stereocenters. The van der Waals surface area contributed by atoms with Crippen LogP contribution in [0, 0.1) is 0 Å². The highest BCUT2D eigenvalue weighted by Crippen LogP contribution is 2.70. The molecule has 33 nitrogen and oxygen atoms in total. The molecule has 13 N–H and O–H groups in total. The van der Waals surface area contributed by atoms with Gasteiger partial charge in [0.15, 0.2) is 35.1 Å². The Bertz CT molecular complexity index is 2510. The number of aromatic amines is 1. The summed E-state index contributed by atoms with van der Waals surface area (Å²) in [6.45, 7) is -2.26. The number of ether oxygens (including phenoxy) is 3. The summed E-state index contributed by atoms with van der Waals surface area (Å²) >= 11 is 0. The van der Waals surface area contributed by atoms with Gasteiger partial charge in [-0.1, -0.05) is 0 Å². The smallest absolute Gasteiger partial charge is 0.387 e. The van der Waals surface area contributed by atoms with Gasteiger partial charge in [0.05, 0.1) is 25.9 Å². The van der Waals surface area contributed by atoms with Crippen molar-refractivity contribution in [1.29, 1.82) is 0 Å². The third kappa shape index (κ3) is 10.4. The van der Waals surface area contributed by atoms with Crippen LogP contribution in [0.25, 0.3) is 22.3 Å². The molecule has 0 aliphatic carbocycles. The van der Waals surface area contributed by atoms with Crippen molar-refractivity contribution >= 4 is 73.2 Å². The lowest BCUT2D eigenvalue weighted by molar-refractivity contribution is -0.0581. The molecule has 4 aromatic rings. The molecule has 0 spiro atoms. The average molecular weight is 946 g/mol. The predicted octanol–water partition coefficient (Wildman–Crippen LogP) is -2.38. The first-order chi connectivity index (χ1) is 27.3. The summed E-state index contributed by atoms with van der Waals surface area (Å²) in [5, 5.41) is 21.5. The van der Waals surface area contributed by atoms with Gasteiger partial charge in [-0.25, -0.2) is 42.8 Å². The number of aromatic nitrogens is 8. The lowest BCUT2D eigenvalue weighted by atomic mass is 10.1. The van der Waals surface area contributed by atoms with E-state index in [2.05, 4.69) is 47.4 Å². The molecule has 328 valence electrons. The second kappa shape index (κ2) is 16.7. The number of hydrogen-bond donors (Lipinski definition) is 11. The van der Waals surface area contributed by atoms with Crippen molar-refractivity contribution in [2.45, 2.75) is 49.1 Å². The van der Waals surface area contributed by atoms with Gasteiger partial charge >= 0.3 is 39.1 Å². The summed E-state index contributed by atoms with van der Waals surface area (Å²) < 4.78 is 106. The Labute approximate surface area is 325 Å². The fourth-order valence-corrected chi connectivity index (χ4v) is 11.1. The van der Waals surface area contributed by atoms with Crippen LogP contribution in [0.1, 0.15) is 12.5 Å². The molecule has 2 saturated heterocycles. The Morgan fingerprint density at radius 2 is 1.31 bits per heavy atom. The van der Waals surface area contributed by atoms with Crippen LogP contribution in [0.4, 0.5) is 11.8 Å². The van der Waals surface area contributed by atoms with E-state index in [0.29, 0.717) is 0 Å². The fraction of sp³-hybridized carbons (Fsp3) is 0.524. The van der Waals surface area contributed by atoms with E-state index in [1.165, 1.54) is 4.57 Å². The number of nitrogens with zero attached hydrogens (tertiary/aromatic N) is 7. The maximum Gasteiger partial charge on any atom is 0.490 e. The molecule has 59 heavy (non-hydrogen) atoms. The van der Waals surface area contributed by atoms with Gasteiger partial charge in [-0.3, -0.25) is 32.5 Å². The number of methoxy groups -OCH3 is 1. The van der Waals surface area contributed by atoms with E-state index < -0.39 is 107 Å². The van der Waals surface area contributed by atoms with Gasteiger partial charge in [0.2, 0.25) is 5.95 Å². The molecule has 0 aromatic carbocycles. The third-order valence-corrected chi connectivity index (χ3v) is 14.4. The lowest BCUT2D eigenvalue weighted by Gasteiger charge is -2.26. The number of anilines is 2. The number of imidazole rings is 2. The van der Waals surface area contributed by atoms with E-state index in [4.69, 9.17) is 44.5 Å². The highest BCUT2D eigenvalue weighted by atomic mass is 31.3. The van der Waals surface area contributed by atoms with Crippen LogP contribution in [0.2, 0.25) is 0 Å². The molecule has 2 fully saturated rings. The number of phosphoric acid groups is 5. The minimum Gasteiger partial charge on any atom is -0.387 e. The first kappa shape index (κ1) is 45.5. The van der Waals surface area contributed by atoms with Crippen LogP contribution in [0.15, 0.2) is 23.8 Å². The summed E-state index contributed by atoms with van der Waals surface area (Å²) in [6.07, 6.45) is -10.1. The Morgan fingerprint density at radius 3 is 1.97 bits per heavy atom. The zero-order valence-electron chi connectivity index (χ0n) is 29.0. The first-order valence-electron chi connectivity index (χ1n) is 15.6. The van der Waals surface area contributed by atoms with Crippen molar-refractivity contribution in [3.05, 3.63) is 29.3 Å². The van der Waals surface area contributed by atoms with Gasteiger partial charge in [0.1, 0.15) is 48.5 Å². The molecule has 4 aromatic heterocycles. The number of fused-ring (bicyclic) bond motifs is 2. The van der Waals surface area contributed by atoms with Gasteiger partial charge < -0.3 is 65.3 Å². The number of nitrogens with one attached hydrogen (secondary N) is 1. The monoisotopic (exact) mass is 946 g/mol. The third-order valence-electron chi connectivity index (χ3n) is 7.96. The lowest BCUT2D eigenvalue weighted by Crippen LogP contribution is -2.38. The van der Waals surface area contributed by atoms with Crippen LogP contribution in [0.5, 0.6) is 0 Å². The molecule has 0 saturated carbocycles. The van der Waals surface area contributed by atoms with E-state index in [-0.39, 0.29) is 34.1 Å². The summed E-state index contributed by atoms with van der Waals surface area (Å²) in [5.41, 5.74) is 10.4. The first-order valence-corrected chi connectivity index (χ1v) is 23.1. The number of aliphatic hydroxyl groups excluding tert-OH is 2. The Hall–Kier alpha value is -3.03. The minimum atomic E-state index is -6.24. The Kier molecular flexibility index (Phi) is 12.9. The van der Waals surface area contributed by atoms with Crippen LogP contribution >= 0.6 is 39.1 Å². The molecule has 0 amide bonds. The van der Waals surface area contributed by atoms with E-state index >= 15 is 0 Å². The molecule has 12 atom stereocenters. The normalized spacial score (nSPS) is 29.3. The second-order valence-corrected chi connectivity index (χ2v) is 19.4. The van der Waals surface area contributed by atoms with Crippen molar-refractivity contribution < 1.29 is 103 Å². The van der Waals surface area contributed by atoms with Gasteiger partial charge in [0, 0.05) is 7.11 Å².